The maximum atomic E-state index is 13.4. The largest absolute Gasteiger partial charge is 0.460 e. The molecule has 38 heavy (non-hydrogen) atoms. The average Bonchev–Trinajstić information content (AvgIpc) is 3.23. The molecule has 1 aromatic heterocycles. The third-order valence-corrected chi connectivity index (χ3v) is 7.37. The Morgan fingerprint density at radius 3 is 2.39 bits per heavy atom. The first-order valence-corrected chi connectivity index (χ1v) is 13.7. The molecule has 1 fully saturated rings. The number of benzene rings is 2. The fourth-order valence-electron chi connectivity index (χ4n) is 5.21. The molecule has 3 aromatic rings. The number of aryl methyl sites for hydroxylation is 2. The number of carbonyl (C=O) groups excluding carboxylic acids is 2. The monoisotopic (exact) mass is 519 g/mol. The second-order valence-corrected chi connectivity index (χ2v) is 11.5. The number of aromatic nitrogens is 2. The number of para-hydroxylation sites is 2. The smallest absolute Gasteiger partial charge is 0.323 e. The van der Waals surface area contributed by atoms with Crippen LogP contribution in [0.25, 0.3) is 11.0 Å². The van der Waals surface area contributed by atoms with Crippen LogP contribution in [0, 0.1) is 5.41 Å². The first-order valence-electron chi connectivity index (χ1n) is 13.7. The lowest BCUT2D eigenvalue weighted by molar-refractivity contribution is -0.170. The summed E-state index contributed by atoms with van der Waals surface area (Å²) in [6.45, 7) is 6.29. The van der Waals surface area contributed by atoms with Gasteiger partial charge in [0.15, 0.2) is 0 Å². The lowest BCUT2D eigenvalue weighted by Gasteiger charge is -2.38. The molecule has 0 radical (unpaired) electrons. The van der Waals surface area contributed by atoms with E-state index in [1.54, 1.807) is 0 Å². The molecular weight excluding hydrogens is 478 g/mol. The zero-order valence-corrected chi connectivity index (χ0v) is 23.2. The van der Waals surface area contributed by atoms with Crippen molar-refractivity contribution >= 4 is 23.0 Å². The van der Waals surface area contributed by atoms with Crippen LogP contribution >= 0.6 is 0 Å². The molecule has 0 spiro atoms. The van der Waals surface area contributed by atoms with Crippen LogP contribution in [0.15, 0.2) is 54.6 Å². The Labute approximate surface area is 225 Å². The van der Waals surface area contributed by atoms with Crippen LogP contribution in [-0.4, -0.2) is 39.7 Å². The van der Waals surface area contributed by atoms with E-state index in [1.807, 2.05) is 82.4 Å². The molecule has 0 aliphatic heterocycles. The SMILES string of the molecule is Cn1c(CC[C@H](NCC2(C(=O)OC(C)(C)C)CCCCC2)C(=O)OCc2ccccc2)nc2ccccc21. The Morgan fingerprint density at radius 1 is 1.03 bits per heavy atom. The summed E-state index contributed by atoms with van der Waals surface area (Å²) in [4.78, 5) is 31.5. The van der Waals surface area contributed by atoms with Gasteiger partial charge in [-0.2, -0.15) is 0 Å². The molecule has 2 aromatic carbocycles. The van der Waals surface area contributed by atoms with E-state index < -0.39 is 17.1 Å². The van der Waals surface area contributed by atoms with Crippen LogP contribution in [0.4, 0.5) is 0 Å². The van der Waals surface area contributed by atoms with Gasteiger partial charge < -0.3 is 19.4 Å². The van der Waals surface area contributed by atoms with E-state index in [1.165, 1.54) is 0 Å². The highest BCUT2D eigenvalue weighted by Gasteiger charge is 2.43. The first kappa shape index (κ1) is 27.8. The summed E-state index contributed by atoms with van der Waals surface area (Å²) in [6, 6.07) is 17.1. The van der Waals surface area contributed by atoms with E-state index in [4.69, 9.17) is 14.5 Å². The van der Waals surface area contributed by atoms with E-state index in [2.05, 4.69) is 9.88 Å². The lowest BCUT2D eigenvalue weighted by Crippen LogP contribution is -2.50. The minimum atomic E-state index is -0.638. The molecule has 0 unspecified atom stereocenters. The molecule has 204 valence electrons. The number of fused-ring (bicyclic) bond motifs is 1. The molecule has 1 N–H and O–H groups in total. The van der Waals surface area contributed by atoms with Gasteiger partial charge in [0, 0.05) is 20.0 Å². The second kappa shape index (κ2) is 12.1. The number of hydrogen-bond donors (Lipinski definition) is 1. The van der Waals surface area contributed by atoms with Gasteiger partial charge in [0.25, 0.3) is 0 Å². The van der Waals surface area contributed by atoms with Gasteiger partial charge in [0.05, 0.1) is 16.4 Å². The molecule has 1 saturated carbocycles. The molecule has 1 atom stereocenters. The van der Waals surface area contributed by atoms with Gasteiger partial charge >= 0.3 is 11.9 Å². The van der Waals surface area contributed by atoms with E-state index in [-0.39, 0.29) is 18.5 Å². The highest BCUT2D eigenvalue weighted by molar-refractivity contribution is 5.79. The first-order chi connectivity index (χ1) is 18.2. The normalized spacial score (nSPS) is 16.2. The van der Waals surface area contributed by atoms with E-state index in [9.17, 15) is 9.59 Å². The topological polar surface area (TPSA) is 82.5 Å². The van der Waals surface area contributed by atoms with Crippen molar-refractivity contribution in [3.63, 3.8) is 0 Å². The van der Waals surface area contributed by atoms with Crippen molar-refractivity contribution in [1.82, 2.24) is 14.9 Å². The van der Waals surface area contributed by atoms with Crippen molar-refractivity contribution in [3.05, 3.63) is 66.0 Å². The number of ether oxygens (including phenoxy) is 2. The third kappa shape index (κ3) is 7.01. The second-order valence-electron chi connectivity index (χ2n) is 11.5. The van der Waals surface area contributed by atoms with Crippen LogP contribution in [-0.2, 0) is 39.1 Å². The zero-order chi connectivity index (χ0) is 27.2. The molecule has 7 nitrogen and oxygen atoms in total. The van der Waals surface area contributed by atoms with Crippen LogP contribution in [0.3, 0.4) is 0 Å². The molecule has 0 saturated heterocycles. The summed E-state index contributed by atoms with van der Waals surface area (Å²) in [6.07, 6.45) is 5.68. The molecular formula is C31H41N3O4. The summed E-state index contributed by atoms with van der Waals surface area (Å²) in [7, 11) is 2.00. The number of esters is 2. The van der Waals surface area contributed by atoms with E-state index in [0.29, 0.717) is 19.4 Å². The lowest BCUT2D eigenvalue weighted by atomic mass is 9.73. The standard InChI is InChI=1S/C31H41N3O4/c1-30(2,3)38-29(36)31(19-11-6-12-20-31)22-32-25(28(35)37-21-23-13-7-5-8-14-23)17-18-27-33-24-15-9-10-16-26(24)34(27)4/h5,7-10,13-16,25,32H,6,11-12,17-22H2,1-4H3/t25-/m0/s1. The van der Waals surface area contributed by atoms with Crippen LogP contribution < -0.4 is 5.32 Å². The molecule has 7 heteroatoms. The highest BCUT2D eigenvalue weighted by Crippen LogP contribution is 2.38. The molecule has 0 amide bonds. The molecule has 0 bridgehead atoms. The number of nitrogens with one attached hydrogen (secondary N) is 1. The van der Waals surface area contributed by atoms with Crippen molar-refractivity contribution in [2.45, 2.75) is 84.0 Å². The van der Waals surface area contributed by atoms with Gasteiger partial charge in [-0.15, -0.1) is 0 Å². The van der Waals surface area contributed by atoms with Gasteiger partial charge in [-0.25, -0.2) is 4.98 Å². The van der Waals surface area contributed by atoms with Crippen LogP contribution in [0.1, 0.15) is 70.7 Å². The van der Waals surface area contributed by atoms with Crippen LogP contribution in [0.2, 0.25) is 0 Å². The number of carbonyl (C=O) groups is 2. The number of rotatable bonds is 10. The van der Waals surface area contributed by atoms with Gasteiger partial charge in [0.1, 0.15) is 24.1 Å². The van der Waals surface area contributed by atoms with Gasteiger partial charge in [-0.05, 0) is 57.7 Å². The fourth-order valence-corrected chi connectivity index (χ4v) is 5.21. The van der Waals surface area contributed by atoms with Crippen molar-refractivity contribution in [3.8, 4) is 0 Å². The van der Waals surface area contributed by atoms with Gasteiger partial charge in [0.2, 0.25) is 0 Å². The number of imidazole rings is 1. The summed E-state index contributed by atoms with van der Waals surface area (Å²) in [5.74, 6) is 0.417. The predicted molar refractivity (Wildman–Crippen MR) is 148 cm³/mol. The molecule has 1 aliphatic rings. The minimum Gasteiger partial charge on any atom is -0.460 e. The maximum Gasteiger partial charge on any atom is 0.323 e. The molecule has 1 heterocycles. The Kier molecular flexibility index (Phi) is 8.87. The summed E-state index contributed by atoms with van der Waals surface area (Å²) in [5, 5.41) is 3.44. The van der Waals surface area contributed by atoms with Crippen molar-refractivity contribution in [2.24, 2.45) is 12.5 Å². The van der Waals surface area contributed by atoms with Gasteiger partial charge in [-0.3, -0.25) is 9.59 Å². The third-order valence-electron chi connectivity index (χ3n) is 7.37. The average molecular weight is 520 g/mol. The summed E-state index contributed by atoms with van der Waals surface area (Å²) < 4.78 is 13.7. The Bertz CT molecular complexity index is 1220. The minimum absolute atomic E-state index is 0.177. The number of nitrogens with zero attached hydrogens (tertiary/aromatic N) is 2. The zero-order valence-electron chi connectivity index (χ0n) is 23.2. The quantitative estimate of drug-likeness (QED) is 0.356. The van der Waals surface area contributed by atoms with Crippen molar-refractivity contribution < 1.29 is 19.1 Å². The Morgan fingerprint density at radius 2 is 1.71 bits per heavy atom. The van der Waals surface area contributed by atoms with E-state index in [0.717, 1.165) is 54.5 Å². The summed E-state index contributed by atoms with van der Waals surface area (Å²) >= 11 is 0. The number of hydrogen-bond acceptors (Lipinski definition) is 6. The predicted octanol–water partition coefficient (Wildman–Crippen LogP) is 5.50. The van der Waals surface area contributed by atoms with E-state index >= 15 is 0 Å². The fraction of sp³-hybridized carbons (Fsp3) is 0.516. The van der Waals surface area contributed by atoms with Crippen LogP contribution in [0.5, 0.6) is 0 Å². The molecule has 4 rings (SSSR count). The highest BCUT2D eigenvalue weighted by atomic mass is 16.6. The Balaban J connectivity index is 1.50. The van der Waals surface area contributed by atoms with Gasteiger partial charge in [-0.1, -0.05) is 61.7 Å². The van der Waals surface area contributed by atoms with Crippen molar-refractivity contribution in [1.29, 1.82) is 0 Å². The Hall–Kier alpha value is -3.19. The summed E-state index contributed by atoms with van der Waals surface area (Å²) in [5.41, 5.74) is 1.74. The van der Waals surface area contributed by atoms with Crippen molar-refractivity contribution in [2.75, 3.05) is 6.54 Å². The molecule has 1 aliphatic carbocycles. The maximum absolute atomic E-state index is 13.4.